The summed E-state index contributed by atoms with van der Waals surface area (Å²) in [6.45, 7) is 2.22. The monoisotopic (exact) mass is 602 g/mol. The smallest absolute Gasteiger partial charge is 0.416 e. The van der Waals surface area contributed by atoms with E-state index in [0.717, 1.165) is 60.9 Å². The van der Waals surface area contributed by atoms with Gasteiger partial charge in [-0.25, -0.2) is 4.98 Å². The average Bonchev–Trinajstić information content (AvgIpc) is 3.42. The Morgan fingerprint density at radius 2 is 1.90 bits per heavy atom. The molecule has 1 amide bonds. The predicted molar refractivity (Wildman–Crippen MR) is 147 cm³/mol. The summed E-state index contributed by atoms with van der Waals surface area (Å²) in [5.74, 6) is 0.0167. The van der Waals surface area contributed by atoms with E-state index in [2.05, 4.69) is 20.5 Å². The van der Waals surface area contributed by atoms with Crippen LogP contribution in [0.2, 0.25) is 5.15 Å². The second-order valence-electron chi connectivity index (χ2n) is 11.8. The largest absolute Gasteiger partial charge is 0.439 e. The third-order valence-electron chi connectivity index (χ3n) is 9.09. The number of fused-ring (bicyclic) bond motifs is 1. The van der Waals surface area contributed by atoms with Gasteiger partial charge in [0.1, 0.15) is 23.1 Å². The van der Waals surface area contributed by atoms with E-state index in [4.69, 9.17) is 16.3 Å². The third kappa shape index (κ3) is 4.94. The number of amides is 1. The van der Waals surface area contributed by atoms with Crippen LogP contribution in [0.25, 0.3) is 0 Å². The van der Waals surface area contributed by atoms with Crippen molar-refractivity contribution >= 4 is 29.8 Å². The SMILES string of the molecule is Cn1cnnc1CC1(c2cc(Cl)nc(N3C(=O)c4cc(CNC5(C)CCC5)cc(C(F)(F)F)c4C3OC=O)c2)CCC1. The number of aromatic nitrogens is 4. The molecule has 3 aromatic rings. The summed E-state index contributed by atoms with van der Waals surface area (Å²) in [5.41, 5.74) is -1.07. The molecule has 2 aliphatic carbocycles. The number of ether oxygens (including phenoxy) is 1. The van der Waals surface area contributed by atoms with Gasteiger partial charge < -0.3 is 14.6 Å². The van der Waals surface area contributed by atoms with Crippen molar-refractivity contribution in [3.05, 3.63) is 69.4 Å². The number of nitrogens with zero attached hydrogens (tertiary/aromatic N) is 5. The normalized spacial score (nSPS) is 20.6. The van der Waals surface area contributed by atoms with E-state index >= 15 is 0 Å². The van der Waals surface area contributed by atoms with Crippen LogP contribution in [-0.4, -0.2) is 37.7 Å². The molecule has 1 unspecified atom stereocenters. The highest BCUT2D eigenvalue weighted by molar-refractivity contribution is 6.29. The quantitative estimate of drug-likeness (QED) is 0.258. The first-order chi connectivity index (χ1) is 19.9. The number of hydrogen-bond acceptors (Lipinski definition) is 7. The lowest BCUT2D eigenvalue weighted by Crippen LogP contribution is -2.47. The Morgan fingerprint density at radius 1 is 1.17 bits per heavy atom. The molecule has 222 valence electrons. The van der Waals surface area contributed by atoms with Gasteiger partial charge in [-0.1, -0.05) is 18.0 Å². The average molecular weight is 603 g/mol. The first-order valence-electron chi connectivity index (χ1n) is 13.9. The number of aryl methyl sites for hydroxylation is 1. The molecule has 0 spiro atoms. The van der Waals surface area contributed by atoms with Crippen LogP contribution in [0, 0.1) is 0 Å². The van der Waals surface area contributed by atoms with Gasteiger partial charge >= 0.3 is 6.18 Å². The molecule has 1 aromatic carbocycles. The van der Waals surface area contributed by atoms with Crippen LogP contribution in [0.15, 0.2) is 30.6 Å². The third-order valence-corrected chi connectivity index (χ3v) is 9.28. The van der Waals surface area contributed by atoms with E-state index in [-0.39, 0.29) is 40.5 Å². The van der Waals surface area contributed by atoms with Gasteiger partial charge in [0.05, 0.1) is 5.56 Å². The predicted octanol–water partition coefficient (Wildman–Crippen LogP) is 5.41. The molecule has 9 nitrogen and oxygen atoms in total. The number of carbonyl (C=O) groups is 2. The Balaban J connectivity index is 1.41. The molecular weight excluding hydrogens is 573 g/mol. The molecule has 13 heteroatoms. The molecule has 42 heavy (non-hydrogen) atoms. The van der Waals surface area contributed by atoms with Crippen molar-refractivity contribution in [2.75, 3.05) is 4.90 Å². The van der Waals surface area contributed by atoms with Crippen LogP contribution in [0.3, 0.4) is 0 Å². The van der Waals surface area contributed by atoms with Gasteiger partial charge in [0, 0.05) is 42.1 Å². The van der Waals surface area contributed by atoms with Crippen LogP contribution >= 0.6 is 11.6 Å². The van der Waals surface area contributed by atoms with Gasteiger partial charge in [-0.15, -0.1) is 10.2 Å². The number of nitrogens with one attached hydrogen (secondary N) is 1. The lowest BCUT2D eigenvalue weighted by atomic mass is 9.62. The van der Waals surface area contributed by atoms with Crippen LogP contribution in [0.1, 0.15) is 90.1 Å². The molecule has 0 saturated heterocycles. The van der Waals surface area contributed by atoms with E-state index in [1.165, 1.54) is 6.07 Å². The fourth-order valence-electron chi connectivity index (χ4n) is 6.32. The molecule has 1 atom stereocenters. The zero-order valence-corrected chi connectivity index (χ0v) is 23.9. The molecule has 1 aliphatic heterocycles. The van der Waals surface area contributed by atoms with Crippen molar-refractivity contribution < 1.29 is 27.5 Å². The van der Waals surface area contributed by atoms with E-state index in [9.17, 15) is 22.8 Å². The Morgan fingerprint density at radius 3 is 2.48 bits per heavy atom. The lowest BCUT2D eigenvalue weighted by molar-refractivity contribution is -0.142. The Hall–Kier alpha value is -3.51. The summed E-state index contributed by atoms with van der Waals surface area (Å²) in [5, 5.41) is 11.6. The van der Waals surface area contributed by atoms with E-state index in [1.54, 1.807) is 18.5 Å². The maximum Gasteiger partial charge on any atom is 0.416 e. The van der Waals surface area contributed by atoms with Crippen LogP contribution < -0.4 is 10.2 Å². The Labute approximate surface area is 245 Å². The molecule has 1 N–H and O–H groups in total. The fourth-order valence-corrected chi connectivity index (χ4v) is 6.52. The number of alkyl halides is 3. The summed E-state index contributed by atoms with van der Waals surface area (Å²) in [4.78, 5) is 30.8. The number of benzene rings is 1. The number of carbonyl (C=O) groups excluding carboxylic acids is 2. The van der Waals surface area contributed by atoms with Crippen molar-refractivity contribution in [2.24, 2.45) is 7.05 Å². The van der Waals surface area contributed by atoms with E-state index in [0.29, 0.717) is 12.0 Å². The first-order valence-corrected chi connectivity index (χ1v) is 14.2. The Bertz CT molecular complexity index is 1550. The van der Waals surface area contributed by atoms with Crippen molar-refractivity contribution in [1.29, 1.82) is 0 Å². The maximum absolute atomic E-state index is 14.5. The summed E-state index contributed by atoms with van der Waals surface area (Å²) in [7, 11) is 1.85. The Kier molecular flexibility index (Phi) is 7.04. The maximum atomic E-state index is 14.5. The molecule has 3 aliphatic rings. The minimum atomic E-state index is -4.81. The number of halogens is 4. The van der Waals surface area contributed by atoms with Gasteiger partial charge in [-0.3, -0.25) is 14.5 Å². The van der Waals surface area contributed by atoms with Gasteiger partial charge in [-0.05, 0) is 74.4 Å². The molecular formula is C29H30ClF3N6O3. The molecule has 0 bridgehead atoms. The zero-order chi connectivity index (χ0) is 29.9. The highest BCUT2D eigenvalue weighted by Crippen LogP contribution is 2.49. The lowest BCUT2D eigenvalue weighted by Gasteiger charge is -2.42. The van der Waals surface area contributed by atoms with E-state index in [1.807, 2.05) is 18.5 Å². The minimum Gasteiger partial charge on any atom is -0.439 e. The number of anilines is 1. The molecule has 2 fully saturated rings. The van der Waals surface area contributed by atoms with Gasteiger partial charge in [0.25, 0.3) is 12.4 Å². The van der Waals surface area contributed by atoms with Crippen molar-refractivity contribution in [1.82, 2.24) is 25.1 Å². The summed E-state index contributed by atoms with van der Waals surface area (Å²) >= 11 is 6.46. The first kappa shape index (κ1) is 28.6. The number of rotatable bonds is 9. The van der Waals surface area contributed by atoms with Crippen molar-refractivity contribution in [3.63, 3.8) is 0 Å². The molecule has 2 saturated carbocycles. The molecule has 2 aromatic heterocycles. The standard InChI is InChI=1S/C29H30ClF3N6O3/c1-27(5-3-6-27)34-14-17-9-19-24(20(10-17)29(31,32)33)26(42-16-40)39(25(19)41)22-12-18(11-21(30)36-22)28(7-4-8-28)13-23-37-35-15-38(23)2/h9-12,15-16,26,34H,3-8,13-14H2,1-2H3. The summed E-state index contributed by atoms with van der Waals surface area (Å²) in [6.07, 6.45) is 1.19. The summed E-state index contributed by atoms with van der Waals surface area (Å²) < 4.78 is 50.4. The van der Waals surface area contributed by atoms with Crippen molar-refractivity contribution in [2.45, 2.75) is 81.8 Å². The van der Waals surface area contributed by atoms with Crippen LogP contribution in [-0.2, 0) is 41.1 Å². The van der Waals surface area contributed by atoms with Crippen LogP contribution in [0.5, 0.6) is 0 Å². The zero-order valence-electron chi connectivity index (χ0n) is 23.2. The second-order valence-corrected chi connectivity index (χ2v) is 12.2. The second kappa shape index (κ2) is 10.3. The summed E-state index contributed by atoms with van der Waals surface area (Å²) in [6, 6.07) is 5.82. The molecule has 3 heterocycles. The topological polar surface area (TPSA) is 102 Å². The van der Waals surface area contributed by atoms with Gasteiger partial charge in [0.15, 0.2) is 0 Å². The van der Waals surface area contributed by atoms with Gasteiger partial charge in [-0.2, -0.15) is 13.2 Å². The highest BCUT2D eigenvalue weighted by atomic mass is 35.5. The molecule has 0 radical (unpaired) electrons. The minimum absolute atomic E-state index is 0.00423. The van der Waals surface area contributed by atoms with Crippen LogP contribution in [0.4, 0.5) is 19.0 Å². The van der Waals surface area contributed by atoms with Gasteiger partial charge in [0.2, 0.25) is 6.23 Å². The number of hydrogen-bond donors (Lipinski definition) is 1. The van der Waals surface area contributed by atoms with Crippen molar-refractivity contribution in [3.8, 4) is 0 Å². The molecule has 6 rings (SSSR count). The highest BCUT2D eigenvalue weighted by Gasteiger charge is 2.48. The fraction of sp³-hybridized carbons (Fsp3) is 0.483. The van der Waals surface area contributed by atoms with E-state index < -0.39 is 29.4 Å². The number of pyridine rings is 1.